The zero-order valence-corrected chi connectivity index (χ0v) is 15.3. The number of nitrogens with one attached hydrogen (secondary N) is 1. The van der Waals surface area contributed by atoms with E-state index in [1.54, 1.807) is 12.2 Å². The summed E-state index contributed by atoms with van der Waals surface area (Å²) in [5, 5.41) is 2.96. The number of hydrogen-bond donors (Lipinski definition) is 1. The van der Waals surface area contributed by atoms with Crippen LogP contribution in [0.4, 0.5) is 0 Å². The fourth-order valence-electron chi connectivity index (χ4n) is 3.51. The van der Waals surface area contributed by atoms with Crippen molar-refractivity contribution in [3.63, 3.8) is 0 Å². The predicted octanol–water partition coefficient (Wildman–Crippen LogP) is 2.99. The van der Waals surface area contributed by atoms with Crippen LogP contribution in [0.2, 0.25) is 0 Å². The van der Waals surface area contributed by atoms with E-state index in [-0.39, 0.29) is 12.7 Å². The Kier molecular flexibility index (Phi) is 5.39. The summed E-state index contributed by atoms with van der Waals surface area (Å²) in [5.41, 5.74) is 3.82. The van der Waals surface area contributed by atoms with E-state index in [1.165, 1.54) is 11.1 Å². The molecule has 2 aromatic carbocycles. The van der Waals surface area contributed by atoms with Crippen molar-refractivity contribution in [2.45, 2.75) is 19.4 Å². The number of nitrogens with zero attached hydrogens (tertiary/aromatic N) is 1. The smallest absolute Gasteiger partial charge is 0.243 e. The number of benzene rings is 2. The van der Waals surface area contributed by atoms with Crippen molar-refractivity contribution in [2.75, 3.05) is 26.4 Å². The maximum Gasteiger partial charge on any atom is 0.243 e. The number of carbonyl (C=O) groups is 1. The van der Waals surface area contributed by atoms with E-state index in [4.69, 9.17) is 9.47 Å². The minimum Gasteiger partial charge on any atom is -0.454 e. The predicted molar refractivity (Wildman–Crippen MR) is 105 cm³/mol. The third-order valence-corrected chi connectivity index (χ3v) is 4.98. The van der Waals surface area contributed by atoms with Gasteiger partial charge in [0.2, 0.25) is 12.7 Å². The van der Waals surface area contributed by atoms with Crippen LogP contribution < -0.4 is 14.8 Å². The van der Waals surface area contributed by atoms with Crippen LogP contribution in [0, 0.1) is 0 Å². The van der Waals surface area contributed by atoms with Crippen LogP contribution in [-0.4, -0.2) is 37.2 Å². The van der Waals surface area contributed by atoms with Crippen LogP contribution in [0.1, 0.15) is 23.1 Å². The normalized spacial score (nSPS) is 15.7. The average Bonchev–Trinajstić information content (AvgIpc) is 3.17. The molecule has 5 heteroatoms. The molecule has 2 aromatic rings. The summed E-state index contributed by atoms with van der Waals surface area (Å²) in [6.07, 6.45) is 5.42. The monoisotopic (exact) mass is 364 g/mol. The van der Waals surface area contributed by atoms with Gasteiger partial charge in [-0.1, -0.05) is 30.3 Å². The quantitative estimate of drug-likeness (QED) is 0.632. The molecular weight excluding hydrogens is 340 g/mol. The Morgan fingerprint density at radius 3 is 2.89 bits per heavy atom. The SMILES string of the molecule is O=C(/C=C/c1ccc2c(c1)OCO2)NCCCN1CCc2ccccc2C1. The highest BCUT2D eigenvalue weighted by Crippen LogP contribution is 2.32. The Morgan fingerprint density at radius 1 is 1.11 bits per heavy atom. The molecule has 0 spiro atoms. The highest BCUT2D eigenvalue weighted by molar-refractivity contribution is 5.91. The molecule has 0 bridgehead atoms. The molecule has 0 unspecified atom stereocenters. The molecule has 0 radical (unpaired) electrons. The molecule has 0 atom stereocenters. The lowest BCUT2D eigenvalue weighted by Crippen LogP contribution is -2.33. The summed E-state index contributed by atoms with van der Waals surface area (Å²) in [5.74, 6) is 1.40. The fraction of sp³-hybridized carbons (Fsp3) is 0.318. The minimum atomic E-state index is -0.0725. The molecule has 2 heterocycles. The van der Waals surface area contributed by atoms with Crippen LogP contribution >= 0.6 is 0 Å². The Bertz CT molecular complexity index is 847. The molecule has 2 aliphatic heterocycles. The van der Waals surface area contributed by atoms with Gasteiger partial charge in [-0.15, -0.1) is 0 Å². The van der Waals surface area contributed by atoms with Gasteiger partial charge < -0.3 is 14.8 Å². The van der Waals surface area contributed by atoms with E-state index < -0.39 is 0 Å². The Balaban J connectivity index is 1.18. The maximum absolute atomic E-state index is 12.0. The van der Waals surface area contributed by atoms with E-state index in [0.717, 1.165) is 49.5 Å². The fourth-order valence-corrected chi connectivity index (χ4v) is 3.51. The first kappa shape index (κ1) is 17.6. The van der Waals surface area contributed by atoms with Crippen molar-refractivity contribution < 1.29 is 14.3 Å². The molecule has 1 amide bonds. The van der Waals surface area contributed by atoms with Crippen molar-refractivity contribution >= 4 is 12.0 Å². The highest BCUT2D eigenvalue weighted by atomic mass is 16.7. The van der Waals surface area contributed by atoms with E-state index in [2.05, 4.69) is 34.5 Å². The summed E-state index contributed by atoms with van der Waals surface area (Å²) >= 11 is 0. The summed E-state index contributed by atoms with van der Waals surface area (Å²) in [6, 6.07) is 14.3. The van der Waals surface area contributed by atoms with Gasteiger partial charge >= 0.3 is 0 Å². The lowest BCUT2D eigenvalue weighted by molar-refractivity contribution is -0.116. The molecule has 4 rings (SSSR count). The second kappa shape index (κ2) is 8.27. The molecule has 2 aliphatic rings. The molecule has 0 aromatic heterocycles. The van der Waals surface area contributed by atoms with Crippen LogP contribution in [0.15, 0.2) is 48.5 Å². The average molecular weight is 364 g/mol. The van der Waals surface area contributed by atoms with Crippen LogP contribution in [-0.2, 0) is 17.8 Å². The van der Waals surface area contributed by atoms with Crippen molar-refractivity contribution in [2.24, 2.45) is 0 Å². The Hall–Kier alpha value is -2.79. The topological polar surface area (TPSA) is 50.8 Å². The molecule has 0 fully saturated rings. The van der Waals surface area contributed by atoms with Gasteiger partial charge in [-0.25, -0.2) is 0 Å². The molecule has 1 N–H and O–H groups in total. The Morgan fingerprint density at radius 2 is 1.96 bits per heavy atom. The second-order valence-electron chi connectivity index (χ2n) is 6.89. The summed E-state index contributed by atoms with van der Waals surface area (Å²) < 4.78 is 10.6. The third kappa shape index (κ3) is 4.49. The van der Waals surface area contributed by atoms with E-state index in [1.807, 2.05) is 18.2 Å². The first-order chi connectivity index (χ1) is 13.3. The van der Waals surface area contributed by atoms with Gasteiger partial charge in [-0.3, -0.25) is 9.69 Å². The summed E-state index contributed by atoms with van der Waals surface area (Å²) in [7, 11) is 0. The van der Waals surface area contributed by atoms with Gasteiger partial charge in [0.1, 0.15) is 0 Å². The lowest BCUT2D eigenvalue weighted by atomic mass is 10.00. The molecule has 0 saturated carbocycles. The maximum atomic E-state index is 12.0. The minimum absolute atomic E-state index is 0.0725. The molecule has 0 aliphatic carbocycles. The number of carbonyl (C=O) groups excluding carboxylic acids is 1. The van der Waals surface area contributed by atoms with Crippen LogP contribution in [0.5, 0.6) is 11.5 Å². The zero-order valence-electron chi connectivity index (χ0n) is 15.3. The summed E-state index contributed by atoms with van der Waals surface area (Å²) in [4.78, 5) is 14.5. The second-order valence-corrected chi connectivity index (χ2v) is 6.89. The molecule has 5 nitrogen and oxygen atoms in total. The van der Waals surface area contributed by atoms with Gasteiger partial charge in [-0.05, 0) is 47.7 Å². The first-order valence-corrected chi connectivity index (χ1v) is 9.43. The zero-order chi connectivity index (χ0) is 18.5. The highest BCUT2D eigenvalue weighted by Gasteiger charge is 2.15. The number of rotatable bonds is 6. The van der Waals surface area contributed by atoms with Gasteiger partial charge in [0.15, 0.2) is 11.5 Å². The van der Waals surface area contributed by atoms with Crippen molar-refractivity contribution in [3.8, 4) is 11.5 Å². The van der Waals surface area contributed by atoms with E-state index in [9.17, 15) is 4.79 Å². The number of fused-ring (bicyclic) bond motifs is 2. The van der Waals surface area contributed by atoms with Gasteiger partial charge in [-0.2, -0.15) is 0 Å². The molecule has 140 valence electrons. The number of hydrogen-bond acceptors (Lipinski definition) is 4. The largest absolute Gasteiger partial charge is 0.454 e. The van der Waals surface area contributed by atoms with Crippen molar-refractivity contribution in [1.29, 1.82) is 0 Å². The molecular formula is C22H24N2O3. The van der Waals surface area contributed by atoms with Gasteiger partial charge in [0.05, 0.1) is 0 Å². The van der Waals surface area contributed by atoms with Crippen LogP contribution in [0.3, 0.4) is 0 Å². The van der Waals surface area contributed by atoms with Crippen molar-refractivity contribution in [3.05, 3.63) is 65.2 Å². The van der Waals surface area contributed by atoms with E-state index in [0.29, 0.717) is 6.54 Å². The first-order valence-electron chi connectivity index (χ1n) is 9.43. The molecule has 0 saturated heterocycles. The number of ether oxygens (including phenoxy) is 2. The van der Waals surface area contributed by atoms with Crippen LogP contribution in [0.25, 0.3) is 6.08 Å². The van der Waals surface area contributed by atoms with Gasteiger partial charge in [0, 0.05) is 32.3 Å². The Labute approximate surface area is 159 Å². The van der Waals surface area contributed by atoms with Gasteiger partial charge in [0.25, 0.3) is 0 Å². The third-order valence-electron chi connectivity index (χ3n) is 4.98. The summed E-state index contributed by atoms with van der Waals surface area (Å²) in [6.45, 7) is 4.04. The van der Waals surface area contributed by atoms with E-state index >= 15 is 0 Å². The van der Waals surface area contributed by atoms with Crippen molar-refractivity contribution in [1.82, 2.24) is 10.2 Å². The molecule has 27 heavy (non-hydrogen) atoms. The standard InChI is InChI=1S/C22H24N2O3/c25-22(9-7-17-6-8-20-21(14-17)27-16-26-20)23-11-3-12-24-13-10-18-4-1-2-5-19(18)15-24/h1-2,4-9,14H,3,10-13,15-16H2,(H,23,25)/b9-7+. The lowest BCUT2D eigenvalue weighted by Gasteiger charge is -2.28. The number of amides is 1.